The van der Waals surface area contributed by atoms with Crippen molar-refractivity contribution in [2.45, 2.75) is 119 Å². The zero-order valence-corrected chi connectivity index (χ0v) is 37.5. The zero-order chi connectivity index (χ0) is 41.4. The van der Waals surface area contributed by atoms with Crippen molar-refractivity contribution in [2.24, 2.45) is 17.8 Å². The van der Waals surface area contributed by atoms with Crippen LogP contribution >= 0.6 is 0 Å². The van der Waals surface area contributed by atoms with Gasteiger partial charge in [0.1, 0.15) is 0 Å². The van der Waals surface area contributed by atoms with Crippen molar-refractivity contribution in [3.8, 4) is 33.4 Å². The Labute approximate surface area is 350 Å². The molecule has 0 spiro atoms. The molecule has 0 saturated heterocycles. The highest BCUT2D eigenvalue weighted by Crippen LogP contribution is 2.56. The molecule has 0 fully saturated rings. The summed E-state index contributed by atoms with van der Waals surface area (Å²) in [6.45, 7) is 31.1. The van der Waals surface area contributed by atoms with E-state index in [4.69, 9.17) is 0 Å². The summed E-state index contributed by atoms with van der Waals surface area (Å²) < 4.78 is 0. The average Bonchev–Trinajstić information content (AvgIpc) is 3.59. The van der Waals surface area contributed by atoms with Crippen LogP contribution in [-0.4, -0.2) is 0 Å². The molecule has 0 saturated carbocycles. The number of hydrogen-bond donors (Lipinski definition) is 0. The van der Waals surface area contributed by atoms with Gasteiger partial charge in [-0.1, -0.05) is 181 Å². The maximum Gasteiger partial charge on any atom is 0.0543 e. The molecule has 3 unspecified atom stereocenters. The van der Waals surface area contributed by atoms with Crippen molar-refractivity contribution in [3.05, 3.63) is 160 Å². The van der Waals surface area contributed by atoms with Gasteiger partial charge in [0.15, 0.2) is 0 Å². The topological polar surface area (TPSA) is 3.24 Å². The Morgan fingerprint density at radius 2 is 0.879 bits per heavy atom. The van der Waals surface area contributed by atoms with Gasteiger partial charge in [-0.25, -0.2) is 0 Å². The van der Waals surface area contributed by atoms with E-state index in [-0.39, 0.29) is 10.8 Å². The smallest absolute Gasteiger partial charge is 0.0543 e. The van der Waals surface area contributed by atoms with Gasteiger partial charge in [0.2, 0.25) is 0 Å². The van der Waals surface area contributed by atoms with Crippen molar-refractivity contribution in [1.29, 1.82) is 0 Å². The summed E-state index contributed by atoms with van der Waals surface area (Å²) in [5.41, 5.74) is 21.6. The van der Waals surface area contributed by atoms with Crippen LogP contribution in [0.2, 0.25) is 0 Å². The van der Waals surface area contributed by atoms with E-state index < -0.39 is 0 Å². The van der Waals surface area contributed by atoms with Crippen molar-refractivity contribution >= 4 is 17.1 Å². The van der Waals surface area contributed by atoms with E-state index in [1.54, 1.807) is 0 Å². The first-order valence-corrected chi connectivity index (χ1v) is 22.1. The predicted octanol–water partition coefficient (Wildman–Crippen LogP) is 16.7. The number of hydrogen-bond acceptors (Lipinski definition) is 1. The average molecular weight is 764 g/mol. The van der Waals surface area contributed by atoms with Crippen LogP contribution in [0.3, 0.4) is 0 Å². The monoisotopic (exact) mass is 764 g/mol. The van der Waals surface area contributed by atoms with Gasteiger partial charge in [-0.15, -0.1) is 0 Å². The van der Waals surface area contributed by atoms with Gasteiger partial charge in [-0.05, 0) is 133 Å². The Hall–Kier alpha value is -4.88. The lowest BCUT2D eigenvalue weighted by Crippen LogP contribution is -2.17. The second-order valence-electron chi connectivity index (χ2n) is 19.8. The van der Waals surface area contributed by atoms with Gasteiger partial charge in [-0.2, -0.15) is 0 Å². The molecule has 2 aliphatic carbocycles. The van der Waals surface area contributed by atoms with Gasteiger partial charge >= 0.3 is 0 Å². The molecule has 0 aliphatic heterocycles. The van der Waals surface area contributed by atoms with Gasteiger partial charge in [0.05, 0.1) is 5.69 Å². The molecule has 0 bridgehead atoms. The van der Waals surface area contributed by atoms with Gasteiger partial charge in [-0.3, -0.25) is 0 Å². The molecule has 0 aromatic heterocycles. The van der Waals surface area contributed by atoms with Crippen LogP contribution in [0, 0.1) is 17.8 Å². The van der Waals surface area contributed by atoms with E-state index in [0.717, 1.165) is 0 Å². The van der Waals surface area contributed by atoms with Crippen LogP contribution in [0.5, 0.6) is 0 Å². The fourth-order valence-corrected chi connectivity index (χ4v) is 10.1. The van der Waals surface area contributed by atoms with Crippen LogP contribution in [-0.2, 0) is 10.8 Å². The minimum atomic E-state index is -0.100. The lowest BCUT2D eigenvalue weighted by Gasteiger charge is -2.31. The SMILES string of the molecule is CC(C)C(C)c1cc(C(C)C(C)C)c(-c2ccc(N(c3ccc4c(c3)C(C)(C)c3ccccc3-4)c3cccc4c3-c3ccccc3C4(C)C)cc2)c(C(C)C(C)C)c1. The molecular formula is C57H65N. The minimum absolute atomic E-state index is 0.0920. The molecule has 0 amide bonds. The summed E-state index contributed by atoms with van der Waals surface area (Å²) in [4.78, 5) is 2.54. The second-order valence-corrected chi connectivity index (χ2v) is 19.8. The second kappa shape index (κ2) is 14.7. The summed E-state index contributed by atoms with van der Waals surface area (Å²) in [7, 11) is 0. The Bertz CT molecular complexity index is 2450. The van der Waals surface area contributed by atoms with Crippen molar-refractivity contribution in [1.82, 2.24) is 0 Å². The van der Waals surface area contributed by atoms with Crippen molar-refractivity contribution in [3.63, 3.8) is 0 Å². The molecular weight excluding hydrogens is 699 g/mol. The van der Waals surface area contributed by atoms with Gasteiger partial charge < -0.3 is 4.90 Å². The normalized spacial score (nSPS) is 16.2. The van der Waals surface area contributed by atoms with Gasteiger partial charge in [0.25, 0.3) is 0 Å². The molecule has 1 nitrogen and oxygen atoms in total. The zero-order valence-electron chi connectivity index (χ0n) is 37.5. The number of anilines is 3. The van der Waals surface area contributed by atoms with E-state index in [9.17, 15) is 0 Å². The van der Waals surface area contributed by atoms with Crippen LogP contribution in [0.25, 0.3) is 33.4 Å². The molecule has 58 heavy (non-hydrogen) atoms. The maximum atomic E-state index is 2.57. The minimum Gasteiger partial charge on any atom is -0.310 e. The molecule has 0 heterocycles. The maximum absolute atomic E-state index is 2.57. The highest BCUT2D eigenvalue weighted by atomic mass is 15.1. The fraction of sp³-hybridized carbons (Fsp3) is 0.368. The molecule has 6 aromatic carbocycles. The first-order chi connectivity index (χ1) is 27.5. The molecule has 0 radical (unpaired) electrons. The van der Waals surface area contributed by atoms with E-state index in [0.29, 0.717) is 35.5 Å². The quantitative estimate of drug-likeness (QED) is 0.134. The number of fused-ring (bicyclic) bond motifs is 6. The lowest BCUT2D eigenvalue weighted by molar-refractivity contribution is 0.512. The van der Waals surface area contributed by atoms with E-state index in [2.05, 4.69) is 216 Å². The number of nitrogens with zero attached hydrogens (tertiary/aromatic N) is 1. The largest absolute Gasteiger partial charge is 0.310 e. The summed E-state index contributed by atoms with van der Waals surface area (Å²) in [6.07, 6.45) is 0. The van der Waals surface area contributed by atoms with E-state index in [1.807, 2.05) is 0 Å². The van der Waals surface area contributed by atoms with Crippen LogP contribution in [0.1, 0.15) is 147 Å². The molecule has 6 aromatic rings. The highest BCUT2D eigenvalue weighted by molar-refractivity contribution is 5.96. The molecule has 298 valence electrons. The Kier molecular flexibility index (Phi) is 10.1. The summed E-state index contributed by atoms with van der Waals surface area (Å²) in [5, 5.41) is 0. The van der Waals surface area contributed by atoms with E-state index >= 15 is 0 Å². The summed E-state index contributed by atoms with van der Waals surface area (Å²) >= 11 is 0. The summed E-state index contributed by atoms with van der Waals surface area (Å²) in [6, 6.07) is 47.0. The lowest BCUT2D eigenvalue weighted by atomic mass is 9.75. The standard InChI is InChI=1S/C57H65N/c1-34(2)37(7)41-31-47(38(8)35(3)4)54(48(32-41)39(9)36(5)6)40-25-27-42(28-26-40)58(43-29-30-45-44-19-14-16-21-49(44)57(12,13)52(45)33-43)53-24-18-23-51-55(53)46-20-15-17-22-50(46)56(51,10)11/h14-39H,1-13H3. The molecule has 3 atom stereocenters. The first kappa shape index (κ1) is 39.9. The Morgan fingerprint density at radius 3 is 1.47 bits per heavy atom. The van der Waals surface area contributed by atoms with Crippen molar-refractivity contribution < 1.29 is 0 Å². The summed E-state index contributed by atoms with van der Waals surface area (Å²) in [5.74, 6) is 2.99. The van der Waals surface area contributed by atoms with Crippen LogP contribution in [0.15, 0.2) is 121 Å². The third kappa shape index (κ3) is 6.36. The van der Waals surface area contributed by atoms with Gasteiger partial charge in [0, 0.05) is 27.8 Å². The first-order valence-electron chi connectivity index (χ1n) is 22.1. The Morgan fingerprint density at radius 1 is 0.397 bits per heavy atom. The molecule has 1 heteroatoms. The number of rotatable bonds is 10. The van der Waals surface area contributed by atoms with Crippen LogP contribution < -0.4 is 4.90 Å². The van der Waals surface area contributed by atoms with Crippen molar-refractivity contribution in [2.75, 3.05) is 4.90 Å². The Balaban J connectivity index is 1.35. The van der Waals surface area contributed by atoms with E-state index in [1.165, 1.54) is 89.4 Å². The molecule has 8 rings (SSSR count). The highest BCUT2D eigenvalue weighted by Gasteiger charge is 2.39. The third-order valence-electron chi connectivity index (χ3n) is 14.8. The third-order valence-corrected chi connectivity index (χ3v) is 14.8. The predicted molar refractivity (Wildman–Crippen MR) is 251 cm³/mol. The fourth-order valence-electron chi connectivity index (χ4n) is 10.1. The van der Waals surface area contributed by atoms with Crippen LogP contribution in [0.4, 0.5) is 17.1 Å². The molecule has 2 aliphatic rings. The number of benzene rings is 6. The molecule has 0 N–H and O–H groups in total.